The highest BCUT2D eigenvalue weighted by Gasteiger charge is 2.32. The van der Waals surface area contributed by atoms with Gasteiger partial charge in [-0.3, -0.25) is 0 Å². The summed E-state index contributed by atoms with van der Waals surface area (Å²) in [6.07, 6.45) is 0. The summed E-state index contributed by atoms with van der Waals surface area (Å²) in [5.41, 5.74) is 6.64. The molecule has 0 aliphatic rings. The van der Waals surface area contributed by atoms with Crippen molar-refractivity contribution in [2.24, 2.45) is 5.73 Å². The average molecular weight is 215 g/mol. The van der Waals surface area contributed by atoms with Crippen LogP contribution >= 0.6 is 0 Å². The lowest BCUT2D eigenvalue weighted by atomic mass is 9.95. The Bertz CT molecular complexity index is 350. The van der Waals surface area contributed by atoms with Crippen LogP contribution in [0.25, 0.3) is 0 Å². The van der Waals surface area contributed by atoms with E-state index in [-0.39, 0.29) is 11.6 Å². The molecule has 0 amide bonds. The number of aliphatic hydroxyl groups excluding tert-OH is 1. The third-order valence-corrected chi connectivity index (χ3v) is 2.46. The Morgan fingerprint density at radius 3 is 2.53 bits per heavy atom. The number of hydrogen-bond donors (Lipinski definition) is 2. The monoisotopic (exact) mass is 215 g/mol. The summed E-state index contributed by atoms with van der Waals surface area (Å²) in [6.45, 7) is 2.15. The first-order valence-corrected chi connectivity index (χ1v) is 4.74. The molecule has 1 aromatic carbocycles. The fourth-order valence-corrected chi connectivity index (χ4v) is 1.63. The second-order valence-electron chi connectivity index (χ2n) is 3.67. The van der Waals surface area contributed by atoms with Crippen molar-refractivity contribution in [3.05, 3.63) is 34.9 Å². The Balaban J connectivity index is 3.27. The van der Waals surface area contributed by atoms with E-state index in [4.69, 9.17) is 10.8 Å². The van der Waals surface area contributed by atoms with E-state index in [1.54, 1.807) is 19.9 Å². The highest BCUT2D eigenvalue weighted by molar-refractivity contribution is 5.38. The first-order chi connectivity index (χ1) is 6.90. The lowest BCUT2D eigenvalue weighted by Gasteiger charge is -2.19. The predicted molar refractivity (Wildman–Crippen MR) is 54.8 cm³/mol. The number of halogens is 2. The van der Waals surface area contributed by atoms with Crippen molar-refractivity contribution in [1.29, 1.82) is 0 Å². The van der Waals surface area contributed by atoms with Crippen LogP contribution in [0, 0.1) is 6.92 Å². The molecular weight excluding hydrogens is 200 g/mol. The van der Waals surface area contributed by atoms with E-state index in [2.05, 4.69) is 0 Å². The topological polar surface area (TPSA) is 46.2 Å². The van der Waals surface area contributed by atoms with Gasteiger partial charge in [-0.1, -0.05) is 18.2 Å². The van der Waals surface area contributed by atoms with Crippen LogP contribution in [0.4, 0.5) is 8.78 Å². The normalized spacial score (nSPS) is 14.0. The Morgan fingerprint density at radius 2 is 2.07 bits per heavy atom. The standard InChI is InChI=1S/C11H15F2NO/c1-7-9(8(2)14)4-3-5-10(7)11(12,13)6-15/h3-5,8,15H,6,14H2,1-2H3/t8-/m1/s1. The van der Waals surface area contributed by atoms with E-state index < -0.39 is 12.5 Å². The molecule has 0 fully saturated rings. The summed E-state index contributed by atoms with van der Waals surface area (Å²) in [5, 5.41) is 8.62. The molecule has 0 spiro atoms. The van der Waals surface area contributed by atoms with Crippen LogP contribution < -0.4 is 5.73 Å². The first kappa shape index (κ1) is 12.1. The molecule has 0 saturated heterocycles. The molecule has 0 saturated carbocycles. The number of aliphatic hydroxyl groups is 1. The third kappa shape index (κ3) is 2.33. The van der Waals surface area contributed by atoms with E-state index in [0.717, 1.165) is 0 Å². The molecule has 2 nitrogen and oxygen atoms in total. The number of benzene rings is 1. The zero-order chi connectivity index (χ0) is 11.6. The van der Waals surface area contributed by atoms with Gasteiger partial charge in [0, 0.05) is 11.6 Å². The van der Waals surface area contributed by atoms with Crippen molar-refractivity contribution < 1.29 is 13.9 Å². The fraction of sp³-hybridized carbons (Fsp3) is 0.455. The molecule has 15 heavy (non-hydrogen) atoms. The summed E-state index contributed by atoms with van der Waals surface area (Å²) in [7, 11) is 0. The average Bonchev–Trinajstić information content (AvgIpc) is 2.17. The zero-order valence-electron chi connectivity index (χ0n) is 8.80. The second kappa shape index (κ2) is 4.24. The van der Waals surface area contributed by atoms with E-state index in [0.29, 0.717) is 11.1 Å². The van der Waals surface area contributed by atoms with Gasteiger partial charge in [-0.25, -0.2) is 0 Å². The van der Waals surface area contributed by atoms with Gasteiger partial charge in [0.1, 0.15) is 6.61 Å². The van der Waals surface area contributed by atoms with Crippen LogP contribution in [0.1, 0.15) is 29.7 Å². The van der Waals surface area contributed by atoms with Crippen LogP contribution in [0.3, 0.4) is 0 Å². The SMILES string of the molecule is Cc1c([C@@H](C)N)cccc1C(F)(F)CO. The number of hydrogen-bond acceptors (Lipinski definition) is 2. The smallest absolute Gasteiger partial charge is 0.296 e. The van der Waals surface area contributed by atoms with Gasteiger partial charge in [0.15, 0.2) is 0 Å². The van der Waals surface area contributed by atoms with Crippen LogP contribution in [0.2, 0.25) is 0 Å². The van der Waals surface area contributed by atoms with Gasteiger partial charge in [0.25, 0.3) is 5.92 Å². The van der Waals surface area contributed by atoms with Gasteiger partial charge in [0.2, 0.25) is 0 Å². The molecule has 3 N–H and O–H groups in total. The molecule has 0 heterocycles. The van der Waals surface area contributed by atoms with E-state index in [1.165, 1.54) is 12.1 Å². The van der Waals surface area contributed by atoms with Gasteiger partial charge < -0.3 is 10.8 Å². The Labute approximate surface area is 87.7 Å². The number of nitrogens with two attached hydrogens (primary N) is 1. The maximum atomic E-state index is 13.3. The van der Waals surface area contributed by atoms with Crippen LogP contribution in [0.5, 0.6) is 0 Å². The molecule has 0 bridgehead atoms. The lowest BCUT2D eigenvalue weighted by molar-refractivity contribution is -0.0561. The van der Waals surface area contributed by atoms with E-state index >= 15 is 0 Å². The molecule has 0 unspecified atom stereocenters. The lowest BCUT2D eigenvalue weighted by Crippen LogP contribution is -2.21. The molecule has 0 radical (unpaired) electrons. The summed E-state index contributed by atoms with van der Waals surface area (Å²) < 4.78 is 26.6. The van der Waals surface area contributed by atoms with Crippen molar-refractivity contribution in [3.63, 3.8) is 0 Å². The van der Waals surface area contributed by atoms with Crippen molar-refractivity contribution in [2.75, 3.05) is 6.61 Å². The summed E-state index contributed by atoms with van der Waals surface area (Å²) in [6, 6.07) is 4.28. The van der Waals surface area contributed by atoms with Crippen LogP contribution in [-0.2, 0) is 5.92 Å². The fourth-order valence-electron chi connectivity index (χ4n) is 1.63. The quantitative estimate of drug-likeness (QED) is 0.811. The minimum absolute atomic E-state index is 0.153. The highest BCUT2D eigenvalue weighted by Crippen LogP contribution is 2.32. The molecule has 84 valence electrons. The minimum atomic E-state index is -3.20. The summed E-state index contributed by atoms with van der Waals surface area (Å²) in [5.74, 6) is -3.20. The Hall–Kier alpha value is -1.00. The predicted octanol–water partition coefficient (Wildman–Crippen LogP) is 2.10. The molecule has 1 rings (SSSR count). The van der Waals surface area contributed by atoms with Gasteiger partial charge in [0.05, 0.1) is 0 Å². The molecule has 0 aliphatic heterocycles. The van der Waals surface area contributed by atoms with Gasteiger partial charge in [-0.15, -0.1) is 0 Å². The van der Waals surface area contributed by atoms with Crippen molar-refractivity contribution in [3.8, 4) is 0 Å². The highest BCUT2D eigenvalue weighted by atomic mass is 19.3. The van der Waals surface area contributed by atoms with Crippen LogP contribution in [-0.4, -0.2) is 11.7 Å². The zero-order valence-corrected chi connectivity index (χ0v) is 8.80. The van der Waals surface area contributed by atoms with Gasteiger partial charge in [-0.05, 0) is 25.0 Å². The van der Waals surface area contributed by atoms with E-state index in [9.17, 15) is 8.78 Å². The summed E-state index contributed by atoms with van der Waals surface area (Å²) >= 11 is 0. The molecule has 1 atom stereocenters. The largest absolute Gasteiger partial charge is 0.390 e. The summed E-state index contributed by atoms with van der Waals surface area (Å²) in [4.78, 5) is 0. The van der Waals surface area contributed by atoms with E-state index in [1.807, 2.05) is 0 Å². The molecular formula is C11H15F2NO. The number of rotatable bonds is 3. The van der Waals surface area contributed by atoms with Gasteiger partial charge >= 0.3 is 0 Å². The maximum absolute atomic E-state index is 13.3. The molecule has 0 aromatic heterocycles. The third-order valence-electron chi connectivity index (χ3n) is 2.46. The Kier molecular flexibility index (Phi) is 3.42. The van der Waals surface area contributed by atoms with Crippen molar-refractivity contribution in [2.45, 2.75) is 25.8 Å². The Morgan fingerprint density at radius 1 is 1.47 bits per heavy atom. The van der Waals surface area contributed by atoms with Crippen molar-refractivity contribution >= 4 is 0 Å². The second-order valence-corrected chi connectivity index (χ2v) is 3.67. The molecule has 0 aliphatic carbocycles. The minimum Gasteiger partial charge on any atom is -0.390 e. The van der Waals surface area contributed by atoms with Crippen molar-refractivity contribution in [1.82, 2.24) is 0 Å². The molecule has 1 aromatic rings. The number of alkyl halides is 2. The maximum Gasteiger partial charge on any atom is 0.296 e. The van der Waals surface area contributed by atoms with Crippen LogP contribution in [0.15, 0.2) is 18.2 Å². The molecule has 4 heteroatoms. The first-order valence-electron chi connectivity index (χ1n) is 4.74. The van der Waals surface area contributed by atoms with Gasteiger partial charge in [-0.2, -0.15) is 8.78 Å².